The molecule has 0 aromatic carbocycles. The molecule has 0 heterocycles. The van der Waals surface area contributed by atoms with Crippen LogP contribution in [0.1, 0.15) is 58.8 Å². The van der Waals surface area contributed by atoms with Crippen LogP contribution in [0.4, 0.5) is 0 Å². The predicted octanol–water partition coefficient (Wildman–Crippen LogP) is 3.98. The first kappa shape index (κ1) is 17.0. The lowest BCUT2D eigenvalue weighted by Gasteiger charge is -2.56. The van der Waals surface area contributed by atoms with Crippen molar-refractivity contribution in [2.45, 2.75) is 64.9 Å². The summed E-state index contributed by atoms with van der Waals surface area (Å²) in [4.78, 5) is 19.0. The van der Waals surface area contributed by atoms with Gasteiger partial charge in [-0.15, -0.1) is 0 Å². The van der Waals surface area contributed by atoms with Crippen molar-refractivity contribution >= 4 is 7.60 Å². The highest BCUT2D eigenvalue weighted by Crippen LogP contribution is 2.65. The fraction of sp³-hybridized carbons (Fsp3) is 0.789. The van der Waals surface area contributed by atoms with Gasteiger partial charge in [-0.1, -0.05) is 19.9 Å². The van der Waals surface area contributed by atoms with Gasteiger partial charge in [-0.25, -0.2) is 0 Å². The van der Waals surface area contributed by atoms with E-state index in [4.69, 9.17) is 0 Å². The number of hydrogen-bond acceptors (Lipinski definition) is 2. The molecule has 2 fully saturated rings. The van der Waals surface area contributed by atoms with Crippen molar-refractivity contribution in [1.29, 1.82) is 0 Å². The Morgan fingerprint density at radius 1 is 1.12 bits per heavy atom. The van der Waals surface area contributed by atoms with E-state index in [1.54, 1.807) is 6.08 Å². The van der Waals surface area contributed by atoms with Crippen molar-refractivity contribution in [2.75, 3.05) is 0 Å². The second-order valence-electron chi connectivity index (χ2n) is 9.01. The van der Waals surface area contributed by atoms with Gasteiger partial charge in [0, 0.05) is 5.31 Å². The molecule has 0 saturated heterocycles. The number of rotatable bonds is 1. The summed E-state index contributed by atoms with van der Waals surface area (Å²) in [5.74, 6) is 1.78. The van der Waals surface area contributed by atoms with E-state index in [2.05, 4.69) is 19.9 Å². The van der Waals surface area contributed by atoms with Gasteiger partial charge in [-0.2, -0.15) is 0 Å². The number of hydrogen-bond donors (Lipinski definition) is 3. The first-order valence-electron chi connectivity index (χ1n) is 9.31. The minimum absolute atomic E-state index is 0.0382. The van der Waals surface area contributed by atoms with Gasteiger partial charge in [-0.05, 0) is 85.2 Å². The van der Waals surface area contributed by atoms with E-state index in [0.29, 0.717) is 29.5 Å². The largest absolute Gasteiger partial charge is 0.393 e. The lowest BCUT2D eigenvalue weighted by Crippen LogP contribution is -2.50. The summed E-state index contributed by atoms with van der Waals surface area (Å²) in [6.07, 6.45) is 10.5. The summed E-state index contributed by atoms with van der Waals surface area (Å²) in [6, 6.07) is 0. The van der Waals surface area contributed by atoms with Crippen LogP contribution in [0, 0.1) is 28.6 Å². The zero-order valence-electron chi connectivity index (χ0n) is 14.6. The third-order valence-corrected chi connectivity index (χ3v) is 9.17. The molecule has 134 valence electrons. The zero-order valence-corrected chi connectivity index (χ0v) is 15.5. The van der Waals surface area contributed by atoms with E-state index in [1.807, 2.05) is 0 Å². The lowest BCUT2D eigenvalue weighted by atomic mass is 9.49. The summed E-state index contributed by atoms with van der Waals surface area (Å²) < 4.78 is 11.6. The molecule has 0 aliphatic heterocycles. The van der Waals surface area contributed by atoms with Gasteiger partial charge in [0.15, 0.2) is 0 Å². The second kappa shape index (κ2) is 5.30. The molecule has 0 bridgehead atoms. The predicted molar refractivity (Wildman–Crippen MR) is 93.2 cm³/mol. The molecule has 0 aromatic rings. The van der Waals surface area contributed by atoms with Crippen LogP contribution in [-0.2, 0) is 4.57 Å². The number of allylic oxidation sites excluding steroid dienone is 4. The van der Waals surface area contributed by atoms with Crippen LogP contribution in [-0.4, -0.2) is 21.0 Å². The Morgan fingerprint density at radius 2 is 1.88 bits per heavy atom. The molecular weight excluding hydrogens is 323 g/mol. The van der Waals surface area contributed by atoms with Gasteiger partial charge in [0.25, 0.3) is 0 Å². The minimum Gasteiger partial charge on any atom is -0.393 e. The Labute approximate surface area is 144 Å². The highest BCUT2D eigenvalue weighted by atomic mass is 31.2. The average Bonchev–Trinajstić information content (AvgIpc) is 2.81. The van der Waals surface area contributed by atoms with E-state index >= 15 is 0 Å². The van der Waals surface area contributed by atoms with Gasteiger partial charge in [-0.3, -0.25) is 4.57 Å². The summed E-state index contributed by atoms with van der Waals surface area (Å²) >= 11 is 0. The summed E-state index contributed by atoms with van der Waals surface area (Å²) in [6.45, 7) is 4.58. The Balaban J connectivity index is 1.70. The van der Waals surface area contributed by atoms with Crippen molar-refractivity contribution in [3.05, 3.63) is 23.0 Å². The highest BCUT2D eigenvalue weighted by Gasteiger charge is 2.58. The van der Waals surface area contributed by atoms with E-state index in [9.17, 15) is 19.5 Å². The molecule has 4 nitrogen and oxygen atoms in total. The third-order valence-electron chi connectivity index (χ3n) is 8.07. The molecule has 24 heavy (non-hydrogen) atoms. The molecule has 0 amide bonds. The van der Waals surface area contributed by atoms with Crippen LogP contribution in [0.25, 0.3) is 0 Å². The number of fused-ring (bicyclic) bond motifs is 5. The maximum atomic E-state index is 11.6. The summed E-state index contributed by atoms with van der Waals surface area (Å²) in [7, 11) is -4.12. The van der Waals surface area contributed by atoms with Gasteiger partial charge in [0.05, 0.1) is 6.10 Å². The maximum absolute atomic E-state index is 11.6. The Bertz CT molecular complexity index is 662. The fourth-order valence-corrected chi connectivity index (χ4v) is 7.22. The maximum Gasteiger partial charge on any atom is 0.352 e. The Hall–Kier alpha value is -0.410. The first-order chi connectivity index (χ1) is 11.2. The van der Waals surface area contributed by atoms with E-state index in [-0.39, 0.29) is 16.9 Å². The molecule has 4 aliphatic rings. The molecule has 0 radical (unpaired) electrons. The third kappa shape index (κ3) is 2.26. The molecule has 6 atom stereocenters. The quantitative estimate of drug-likeness (QED) is 0.624. The van der Waals surface area contributed by atoms with Gasteiger partial charge >= 0.3 is 7.60 Å². The van der Waals surface area contributed by atoms with E-state index in [1.165, 1.54) is 0 Å². The van der Waals surface area contributed by atoms with Crippen molar-refractivity contribution in [3.63, 3.8) is 0 Å². The Kier molecular flexibility index (Phi) is 3.76. The minimum atomic E-state index is -4.12. The van der Waals surface area contributed by atoms with Crippen LogP contribution in [0.5, 0.6) is 0 Å². The van der Waals surface area contributed by atoms with Gasteiger partial charge in [0.1, 0.15) is 0 Å². The fourth-order valence-electron chi connectivity index (χ4n) is 6.51. The SMILES string of the molecule is C[C@]12CC[C@H]3[C@@H](CC=C4C=C(P(=O)(O)O)CC[C@@]43C)[C@@H]1CC[C@@H]2O. The topological polar surface area (TPSA) is 77.8 Å². The molecule has 4 aliphatic carbocycles. The normalized spacial score (nSPS) is 48.0. The van der Waals surface area contributed by atoms with Crippen molar-refractivity contribution in [3.8, 4) is 0 Å². The molecule has 5 heteroatoms. The Morgan fingerprint density at radius 3 is 2.58 bits per heavy atom. The van der Waals surface area contributed by atoms with Crippen molar-refractivity contribution < 1.29 is 19.5 Å². The van der Waals surface area contributed by atoms with Crippen LogP contribution in [0.15, 0.2) is 23.0 Å². The molecule has 0 aromatic heterocycles. The number of aliphatic hydroxyl groups is 1. The monoisotopic (exact) mass is 352 g/mol. The average molecular weight is 352 g/mol. The molecule has 3 N–H and O–H groups in total. The number of aliphatic hydroxyl groups excluding tert-OH is 1. The first-order valence-corrected chi connectivity index (χ1v) is 10.9. The van der Waals surface area contributed by atoms with Crippen LogP contribution >= 0.6 is 7.60 Å². The molecule has 4 rings (SSSR count). The van der Waals surface area contributed by atoms with Crippen LogP contribution < -0.4 is 0 Å². The second-order valence-corrected chi connectivity index (χ2v) is 10.7. The molecule has 0 spiro atoms. The molecular formula is C19H29O4P. The van der Waals surface area contributed by atoms with Crippen molar-refractivity contribution in [2.24, 2.45) is 28.6 Å². The van der Waals surface area contributed by atoms with E-state index in [0.717, 1.165) is 44.1 Å². The lowest BCUT2D eigenvalue weighted by molar-refractivity contribution is -0.0625. The van der Waals surface area contributed by atoms with Gasteiger partial charge in [0.2, 0.25) is 0 Å². The molecule has 0 unspecified atom stereocenters. The molecule has 2 saturated carbocycles. The van der Waals surface area contributed by atoms with E-state index < -0.39 is 7.60 Å². The standard InChI is InChI=1S/C19H29O4P/c1-18-9-7-13(24(21,22)23)11-12(18)3-4-14-15-5-6-17(20)19(15,2)10-8-16(14)18/h3,11,14-17,20H,4-10H2,1-2H3,(H2,21,22,23)/t14-,15-,16-,17-,18-,19-/m0/s1. The van der Waals surface area contributed by atoms with Crippen molar-refractivity contribution in [1.82, 2.24) is 0 Å². The smallest absolute Gasteiger partial charge is 0.352 e. The summed E-state index contributed by atoms with van der Waals surface area (Å²) in [5, 5.41) is 10.8. The summed E-state index contributed by atoms with van der Waals surface area (Å²) in [5.41, 5.74) is 1.26. The highest BCUT2D eigenvalue weighted by molar-refractivity contribution is 7.56. The zero-order chi connectivity index (χ0) is 17.3. The van der Waals surface area contributed by atoms with Crippen LogP contribution in [0.2, 0.25) is 0 Å². The van der Waals surface area contributed by atoms with Crippen LogP contribution in [0.3, 0.4) is 0 Å². The van der Waals surface area contributed by atoms with Gasteiger partial charge < -0.3 is 14.9 Å².